The monoisotopic (exact) mass is 348 g/mol. The van der Waals surface area contributed by atoms with Gasteiger partial charge in [0.15, 0.2) is 0 Å². The molecule has 0 bridgehead atoms. The van der Waals surface area contributed by atoms with Crippen LogP contribution in [0.5, 0.6) is 0 Å². The van der Waals surface area contributed by atoms with Crippen LogP contribution in [-0.2, 0) is 19.9 Å². The van der Waals surface area contributed by atoms with E-state index < -0.39 is 0 Å². The summed E-state index contributed by atoms with van der Waals surface area (Å²) in [6, 6.07) is 9.38. The predicted octanol–water partition coefficient (Wildman–Crippen LogP) is 2.73. The smallest absolute Gasteiger partial charge is 0.0830 e. The summed E-state index contributed by atoms with van der Waals surface area (Å²) in [7, 11) is 1.92. The van der Waals surface area contributed by atoms with E-state index in [1.807, 2.05) is 13.2 Å². The maximum atomic E-state index is 4.23. The van der Waals surface area contributed by atoms with Crippen LogP contribution >= 0.6 is 15.9 Å². The first-order valence-corrected chi connectivity index (χ1v) is 8.31. The number of nitrogens with zero attached hydrogens (tertiary/aromatic N) is 3. The van der Waals surface area contributed by atoms with Crippen LogP contribution in [0.25, 0.3) is 0 Å². The summed E-state index contributed by atoms with van der Waals surface area (Å²) in [5, 5.41) is 11.9. The van der Waals surface area contributed by atoms with E-state index in [2.05, 4.69) is 55.8 Å². The number of hydrogen-bond acceptors (Lipinski definition) is 3. The predicted molar refractivity (Wildman–Crippen MR) is 87.1 cm³/mol. The number of halogens is 1. The van der Waals surface area contributed by atoms with E-state index >= 15 is 0 Å². The molecule has 1 aromatic carbocycles. The van der Waals surface area contributed by atoms with E-state index in [4.69, 9.17) is 0 Å². The zero-order valence-corrected chi connectivity index (χ0v) is 13.9. The third-order valence-electron chi connectivity index (χ3n) is 3.86. The van der Waals surface area contributed by atoms with Crippen molar-refractivity contribution in [3.8, 4) is 0 Å². The Labute approximate surface area is 134 Å². The second kappa shape index (κ2) is 6.71. The zero-order chi connectivity index (χ0) is 14.7. The molecule has 1 aliphatic carbocycles. The van der Waals surface area contributed by atoms with E-state index in [9.17, 15) is 0 Å². The molecule has 112 valence electrons. The first kappa shape index (κ1) is 14.7. The Bertz CT molecular complexity index is 574. The maximum Gasteiger partial charge on any atom is 0.0830 e. The lowest BCUT2D eigenvalue weighted by atomic mass is 9.95. The van der Waals surface area contributed by atoms with Crippen LogP contribution in [0.1, 0.15) is 24.1 Å². The molecule has 1 unspecified atom stereocenters. The summed E-state index contributed by atoms with van der Waals surface area (Å²) < 4.78 is 2.91. The van der Waals surface area contributed by atoms with Crippen molar-refractivity contribution in [1.82, 2.24) is 20.3 Å². The van der Waals surface area contributed by atoms with Gasteiger partial charge in [-0.25, -0.2) is 0 Å². The normalized spacial score (nSPS) is 16.1. The van der Waals surface area contributed by atoms with Crippen molar-refractivity contribution < 1.29 is 0 Å². The Morgan fingerprint density at radius 1 is 1.29 bits per heavy atom. The van der Waals surface area contributed by atoms with Crippen LogP contribution in [0.15, 0.2) is 34.9 Å². The Kier molecular flexibility index (Phi) is 4.70. The maximum absolute atomic E-state index is 4.23. The highest BCUT2D eigenvalue weighted by Crippen LogP contribution is 2.21. The Hall–Kier alpha value is -1.20. The fourth-order valence-corrected chi connectivity index (χ4v) is 2.84. The van der Waals surface area contributed by atoms with Gasteiger partial charge in [0, 0.05) is 23.8 Å². The molecule has 1 fully saturated rings. The van der Waals surface area contributed by atoms with Crippen LogP contribution in [-0.4, -0.2) is 27.6 Å². The summed E-state index contributed by atoms with van der Waals surface area (Å²) in [5.74, 6) is 0.559. The van der Waals surface area contributed by atoms with E-state index in [1.54, 1.807) is 4.68 Å². The number of aromatic nitrogens is 3. The third-order valence-corrected chi connectivity index (χ3v) is 4.39. The van der Waals surface area contributed by atoms with E-state index in [0.717, 1.165) is 35.6 Å². The number of rotatable bonds is 7. The molecule has 1 N–H and O–H groups in total. The molecule has 0 amide bonds. The standard InChI is InChI=1S/C16H21BrN4/c1-21-11-16(19-20-21)9-13(10-18-15-6-7-15)8-12-2-4-14(17)5-3-12/h2-5,11,13,15,18H,6-10H2,1H3. The van der Waals surface area contributed by atoms with Gasteiger partial charge in [0.25, 0.3) is 0 Å². The highest BCUT2D eigenvalue weighted by molar-refractivity contribution is 9.10. The molecule has 1 atom stereocenters. The summed E-state index contributed by atoms with van der Waals surface area (Å²) in [6.45, 7) is 1.05. The van der Waals surface area contributed by atoms with Crippen molar-refractivity contribution in [3.63, 3.8) is 0 Å². The van der Waals surface area contributed by atoms with Gasteiger partial charge in [0.1, 0.15) is 0 Å². The lowest BCUT2D eigenvalue weighted by molar-refractivity contribution is 0.464. The van der Waals surface area contributed by atoms with Gasteiger partial charge in [0.2, 0.25) is 0 Å². The first-order chi connectivity index (χ1) is 10.2. The minimum Gasteiger partial charge on any atom is -0.314 e. The molecule has 3 rings (SSSR count). The Morgan fingerprint density at radius 3 is 2.67 bits per heavy atom. The van der Waals surface area contributed by atoms with Gasteiger partial charge in [-0.05, 0) is 55.8 Å². The van der Waals surface area contributed by atoms with Crippen LogP contribution in [0.2, 0.25) is 0 Å². The average molecular weight is 349 g/mol. The number of aryl methyl sites for hydroxylation is 1. The van der Waals surface area contributed by atoms with Crippen molar-refractivity contribution in [3.05, 3.63) is 46.2 Å². The molecule has 0 radical (unpaired) electrons. The van der Waals surface area contributed by atoms with Crippen molar-refractivity contribution in [2.45, 2.75) is 31.7 Å². The second-order valence-corrected chi connectivity index (χ2v) is 6.88. The lowest BCUT2D eigenvalue weighted by Crippen LogP contribution is -2.27. The number of nitrogens with one attached hydrogen (secondary N) is 1. The number of hydrogen-bond donors (Lipinski definition) is 1. The van der Waals surface area contributed by atoms with Crippen LogP contribution in [0.3, 0.4) is 0 Å². The molecule has 5 heteroatoms. The van der Waals surface area contributed by atoms with Gasteiger partial charge in [-0.15, -0.1) is 5.10 Å². The van der Waals surface area contributed by atoms with Crippen LogP contribution in [0.4, 0.5) is 0 Å². The molecule has 0 aliphatic heterocycles. The molecule has 4 nitrogen and oxygen atoms in total. The van der Waals surface area contributed by atoms with Crippen molar-refractivity contribution in [1.29, 1.82) is 0 Å². The van der Waals surface area contributed by atoms with Crippen molar-refractivity contribution in [2.75, 3.05) is 6.54 Å². The van der Waals surface area contributed by atoms with Crippen LogP contribution in [0, 0.1) is 5.92 Å². The summed E-state index contributed by atoms with van der Waals surface area (Å²) in [4.78, 5) is 0. The molecule has 1 saturated carbocycles. The van der Waals surface area contributed by atoms with E-state index in [-0.39, 0.29) is 0 Å². The fourth-order valence-electron chi connectivity index (χ4n) is 2.58. The lowest BCUT2D eigenvalue weighted by Gasteiger charge is -2.16. The van der Waals surface area contributed by atoms with Crippen molar-refractivity contribution >= 4 is 15.9 Å². The van der Waals surface area contributed by atoms with Gasteiger partial charge in [-0.1, -0.05) is 33.3 Å². The van der Waals surface area contributed by atoms with Gasteiger partial charge < -0.3 is 5.32 Å². The molecule has 2 aromatic rings. The SMILES string of the molecule is Cn1cc(CC(CNC2CC2)Cc2ccc(Br)cc2)nn1. The second-order valence-electron chi connectivity index (χ2n) is 5.97. The molecule has 0 saturated heterocycles. The summed E-state index contributed by atoms with van der Waals surface area (Å²) >= 11 is 3.49. The Morgan fingerprint density at radius 2 is 2.05 bits per heavy atom. The Balaban J connectivity index is 1.63. The third kappa shape index (κ3) is 4.64. The largest absolute Gasteiger partial charge is 0.314 e. The quantitative estimate of drug-likeness (QED) is 0.836. The van der Waals surface area contributed by atoms with Gasteiger partial charge in [-0.2, -0.15) is 0 Å². The zero-order valence-electron chi connectivity index (χ0n) is 12.3. The summed E-state index contributed by atoms with van der Waals surface area (Å²) in [6.07, 6.45) is 6.73. The minimum atomic E-state index is 0.559. The molecular weight excluding hydrogens is 328 g/mol. The fraction of sp³-hybridized carbons (Fsp3) is 0.500. The van der Waals surface area contributed by atoms with Gasteiger partial charge in [0.05, 0.1) is 5.69 Å². The average Bonchev–Trinajstić information content (AvgIpc) is 3.21. The van der Waals surface area contributed by atoms with Gasteiger partial charge >= 0.3 is 0 Å². The molecule has 0 spiro atoms. The molecule has 1 heterocycles. The highest BCUT2D eigenvalue weighted by Gasteiger charge is 2.22. The molecule has 21 heavy (non-hydrogen) atoms. The molecular formula is C16H21BrN4. The first-order valence-electron chi connectivity index (χ1n) is 7.52. The van der Waals surface area contributed by atoms with E-state index in [0.29, 0.717) is 5.92 Å². The molecule has 1 aliphatic rings. The van der Waals surface area contributed by atoms with Crippen LogP contribution < -0.4 is 5.32 Å². The van der Waals surface area contributed by atoms with Gasteiger partial charge in [-0.3, -0.25) is 4.68 Å². The van der Waals surface area contributed by atoms with E-state index in [1.165, 1.54) is 18.4 Å². The minimum absolute atomic E-state index is 0.559. The molecule has 1 aromatic heterocycles. The number of benzene rings is 1. The highest BCUT2D eigenvalue weighted by atomic mass is 79.9. The topological polar surface area (TPSA) is 42.7 Å². The van der Waals surface area contributed by atoms with Crippen molar-refractivity contribution in [2.24, 2.45) is 13.0 Å². The summed E-state index contributed by atoms with van der Waals surface area (Å²) in [5.41, 5.74) is 2.46.